The fraction of sp³-hybridized carbons (Fsp3) is 0. The molecule has 1 heterocycles. The van der Waals surface area contributed by atoms with Crippen molar-refractivity contribution in [1.29, 1.82) is 5.26 Å². The summed E-state index contributed by atoms with van der Waals surface area (Å²) in [6.45, 7) is 0. The number of nitrogens with zero attached hydrogens (tertiary/aromatic N) is 1. The highest BCUT2D eigenvalue weighted by Gasteiger charge is 2.07. The van der Waals surface area contributed by atoms with Crippen LogP contribution in [0.4, 0.5) is 4.39 Å². The van der Waals surface area contributed by atoms with Gasteiger partial charge in [-0.15, -0.1) is 0 Å². The summed E-state index contributed by atoms with van der Waals surface area (Å²) >= 11 is 1.43. The molecular formula is C15H9FN2S. The van der Waals surface area contributed by atoms with Crippen molar-refractivity contribution in [1.82, 2.24) is 4.98 Å². The summed E-state index contributed by atoms with van der Waals surface area (Å²) in [6, 6.07) is 16.2. The van der Waals surface area contributed by atoms with E-state index < -0.39 is 5.82 Å². The Bertz CT molecular complexity index is 753. The number of benzene rings is 2. The van der Waals surface area contributed by atoms with Crippen LogP contribution in [-0.2, 0) is 0 Å². The van der Waals surface area contributed by atoms with E-state index in [1.54, 1.807) is 6.07 Å². The predicted octanol–water partition coefficient (Wildman–Crippen LogP) is 4.33. The van der Waals surface area contributed by atoms with Crippen molar-refractivity contribution < 1.29 is 4.39 Å². The summed E-state index contributed by atoms with van der Waals surface area (Å²) < 4.78 is 13.1. The predicted molar refractivity (Wildman–Crippen MR) is 73.5 cm³/mol. The van der Waals surface area contributed by atoms with Crippen molar-refractivity contribution in [3.05, 3.63) is 59.9 Å². The lowest BCUT2D eigenvalue weighted by Crippen LogP contribution is -1.83. The van der Waals surface area contributed by atoms with Gasteiger partial charge in [0.25, 0.3) is 0 Å². The minimum Gasteiger partial charge on any atom is -0.349 e. The third-order valence-corrected chi connectivity index (χ3v) is 3.80. The van der Waals surface area contributed by atoms with E-state index in [0.29, 0.717) is 5.56 Å². The molecule has 92 valence electrons. The molecule has 19 heavy (non-hydrogen) atoms. The third-order valence-electron chi connectivity index (χ3n) is 2.79. The third kappa shape index (κ3) is 2.33. The number of aromatic nitrogens is 1. The van der Waals surface area contributed by atoms with E-state index in [0.717, 1.165) is 20.8 Å². The number of nitrogens with one attached hydrogen (secondary N) is 1. The molecule has 0 spiro atoms. The fourth-order valence-electron chi connectivity index (χ4n) is 1.90. The summed E-state index contributed by atoms with van der Waals surface area (Å²) in [7, 11) is 0. The van der Waals surface area contributed by atoms with E-state index in [4.69, 9.17) is 5.26 Å². The number of hydrogen-bond donors (Lipinski definition) is 1. The summed E-state index contributed by atoms with van der Waals surface area (Å²) in [6.07, 6.45) is 0. The van der Waals surface area contributed by atoms with Crippen molar-refractivity contribution >= 4 is 22.7 Å². The van der Waals surface area contributed by atoms with Crippen molar-refractivity contribution in [2.75, 3.05) is 0 Å². The van der Waals surface area contributed by atoms with Crippen LogP contribution >= 0.6 is 11.8 Å². The lowest BCUT2D eigenvalue weighted by Gasteiger charge is -2.01. The Balaban J connectivity index is 1.99. The Hall–Kier alpha value is -2.25. The van der Waals surface area contributed by atoms with Gasteiger partial charge >= 0.3 is 0 Å². The molecule has 4 heteroatoms. The van der Waals surface area contributed by atoms with Gasteiger partial charge in [-0.1, -0.05) is 30.0 Å². The Morgan fingerprint density at radius 3 is 2.74 bits per heavy atom. The van der Waals surface area contributed by atoms with Crippen LogP contribution in [-0.4, -0.2) is 4.98 Å². The average Bonchev–Trinajstić information content (AvgIpc) is 2.83. The molecule has 0 radical (unpaired) electrons. The van der Waals surface area contributed by atoms with Gasteiger partial charge < -0.3 is 4.98 Å². The molecule has 0 atom stereocenters. The molecule has 0 saturated carbocycles. The number of aromatic amines is 1. The molecule has 0 aliphatic rings. The smallest absolute Gasteiger partial charge is 0.124 e. The minimum atomic E-state index is -0.391. The molecule has 1 aromatic heterocycles. The van der Waals surface area contributed by atoms with E-state index in [1.807, 2.05) is 36.4 Å². The van der Waals surface area contributed by atoms with Crippen molar-refractivity contribution in [3.8, 4) is 6.07 Å². The molecule has 3 rings (SSSR count). The zero-order valence-corrected chi connectivity index (χ0v) is 10.7. The Labute approximate surface area is 113 Å². The van der Waals surface area contributed by atoms with Crippen LogP contribution in [0.2, 0.25) is 0 Å². The summed E-state index contributed by atoms with van der Waals surface area (Å²) in [5, 5.41) is 11.1. The topological polar surface area (TPSA) is 39.6 Å². The quantitative estimate of drug-likeness (QED) is 0.751. The monoisotopic (exact) mass is 268 g/mol. The van der Waals surface area contributed by atoms with Crippen LogP contribution in [0.5, 0.6) is 0 Å². The molecule has 3 aromatic rings. The molecule has 2 nitrogen and oxygen atoms in total. The largest absolute Gasteiger partial charge is 0.349 e. The number of para-hydroxylation sites is 1. The van der Waals surface area contributed by atoms with E-state index in [-0.39, 0.29) is 0 Å². The van der Waals surface area contributed by atoms with Gasteiger partial charge in [0.2, 0.25) is 0 Å². The number of hydrogen-bond acceptors (Lipinski definition) is 2. The second-order valence-corrected chi connectivity index (χ2v) is 5.16. The van der Waals surface area contributed by atoms with Crippen LogP contribution in [0, 0.1) is 17.1 Å². The van der Waals surface area contributed by atoms with Crippen LogP contribution in [0.3, 0.4) is 0 Å². The molecule has 0 unspecified atom stereocenters. The van der Waals surface area contributed by atoms with Gasteiger partial charge in [-0.3, -0.25) is 0 Å². The number of H-pyrrole nitrogens is 1. The number of halogens is 1. The standard InChI is InChI=1S/C15H9FN2S/c16-12-5-6-14(11(7-12)9-17)19-15-8-10-3-1-2-4-13(10)18-15/h1-8,18H. The van der Waals surface area contributed by atoms with Crippen LogP contribution in [0.25, 0.3) is 10.9 Å². The molecular weight excluding hydrogens is 259 g/mol. The number of fused-ring (bicyclic) bond motifs is 1. The maximum Gasteiger partial charge on any atom is 0.124 e. The van der Waals surface area contributed by atoms with Gasteiger partial charge in [0, 0.05) is 15.8 Å². The first-order valence-corrected chi connectivity index (χ1v) is 6.53. The summed E-state index contributed by atoms with van der Waals surface area (Å²) in [4.78, 5) is 4.02. The molecule has 0 fully saturated rings. The summed E-state index contributed by atoms with van der Waals surface area (Å²) in [5.41, 5.74) is 1.40. The lowest BCUT2D eigenvalue weighted by molar-refractivity contribution is 0.626. The molecule has 0 saturated heterocycles. The molecule has 0 aliphatic heterocycles. The number of rotatable bonds is 2. The zero-order chi connectivity index (χ0) is 13.2. The Kier molecular flexibility index (Phi) is 2.98. The second-order valence-electron chi connectivity index (χ2n) is 4.08. The maximum absolute atomic E-state index is 13.1. The minimum absolute atomic E-state index is 0.351. The normalized spacial score (nSPS) is 10.5. The van der Waals surface area contributed by atoms with Gasteiger partial charge in [-0.2, -0.15) is 5.26 Å². The first-order valence-electron chi connectivity index (χ1n) is 5.71. The molecule has 0 aliphatic carbocycles. The average molecular weight is 268 g/mol. The zero-order valence-electron chi connectivity index (χ0n) is 9.85. The SMILES string of the molecule is N#Cc1cc(F)ccc1Sc1cc2ccccc2[nH]1. The van der Waals surface area contributed by atoms with E-state index >= 15 is 0 Å². The van der Waals surface area contributed by atoms with Gasteiger partial charge in [0.05, 0.1) is 10.6 Å². The van der Waals surface area contributed by atoms with Crippen LogP contribution in [0.1, 0.15) is 5.56 Å². The van der Waals surface area contributed by atoms with Gasteiger partial charge in [0.1, 0.15) is 11.9 Å². The van der Waals surface area contributed by atoms with E-state index in [1.165, 1.54) is 23.9 Å². The van der Waals surface area contributed by atoms with Gasteiger partial charge in [-0.25, -0.2) is 4.39 Å². The molecule has 0 amide bonds. The van der Waals surface area contributed by atoms with Crippen molar-refractivity contribution in [2.24, 2.45) is 0 Å². The highest BCUT2D eigenvalue weighted by Crippen LogP contribution is 2.32. The highest BCUT2D eigenvalue weighted by atomic mass is 32.2. The molecule has 2 aromatic carbocycles. The van der Waals surface area contributed by atoms with E-state index in [9.17, 15) is 4.39 Å². The highest BCUT2D eigenvalue weighted by molar-refractivity contribution is 7.99. The molecule has 0 bridgehead atoms. The second kappa shape index (κ2) is 4.79. The number of nitriles is 1. The molecule has 1 N–H and O–H groups in total. The van der Waals surface area contributed by atoms with Gasteiger partial charge in [0.15, 0.2) is 0 Å². The lowest BCUT2D eigenvalue weighted by atomic mass is 10.2. The fourth-order valence-corrected chi connectivity index (χ4v) is 2.83. The van der Waals surface area contributed by atoms with Crippen LogP contribution in [0.15, 0.2) is 58.5 Å². The summed E-state index contributed by atoms with van der Waals surface area (Å²) in [5.74, 6) is -0.391. The first-order chi connectivity index (χ1) is 9.26. The van der Waals surface area contributed by atoms with Gasteiger partial charge in [-0.05, 0) is 30.3 Å². The first kappa shape index (κ1) is 11.8. The van der Waals surface area contributed by atoms with Crippen molar-refractivity contribution in [2.45, 2.75) is 9.92 Å². The van der Waals surface area contributed by atoms with Crippen molar-refractivity contribution in [3.63, 3.8) is 0 Å². The van der Waals surface area contributed by atoms with Crippen LogP contribution < -0.4 is 0 Å². The Morgan fingerprint density at radius 1 is 1.11 bits per heavy atom. The Morgan fingerprint density at radius 2 is 1.95 bits per heavy atom. The maximum atomic E-state index is 13.1. The van der Waals surface area contributed by atoms with E-state index in [2.05, 4.69) is 4.98 Å².